The topological polar surface area (TPSA) is 124 Å². The Hall–Kier alpha value is -3.22. The SMILES string of the molecule is CC(=O)c1cc(O)c(O)c(OC(=O)c2cc(C)c(O)c(O)c2)c1. The molecular formula is C16H14O7. The number of hydrogen-bond acceptors (Lipinski definition) is 7. The number of phenolic OH excluding ortho intramolecular Hbond substituents is 4. The van der Waals surface area contributed by atoms with Crippen LogP contribution in [0.25, 0.3) is 0 Å². The van der Waals surface area contributed by atoms with E-state index in [1.165, 1.54) is 19.9 Å². The summed E-state index contributed by atoms with van der Waals surface area (Å²) in [5.74, 6) is -3.89. The lowest BCUT2D eigenvalue weighted by atomic mass is 10.1. The molecule has 7 nitrogen and oxygen atoms in total. The number of aryl methyl sites for hydroxylation is 1. The summed E-state index contributed by atoms with van der Waals surface area (Å²) in [6.45, 7) is 2.73. The van der Waals surface area contributed by atoms with E-state index in [9.17, 15) is 30.0 Å². The van der Waals surface area contributed by atoms with Crippen molar-refractivity contribution in [3.05, 3.63) is 41.0 Å². The predicted octanol–water partition coefficient (Wildman–Crippen LogP) is 2.24. The van der Waals surface area contributed by atoms with Gasteiger partial charge in [-0.3, -0.25) is 4.79 Å². The highest BCUT2D eigenvalue weighted by atomic mass is 16.5. The van der Waals surface area contributed by atoms with Crippen LogP contribution in [0.1, 0.15) is 33.2 Å². The average Bonchev–Trinajstić information content (AvgIpc) is 2.48. The van der Waals surface area contributed by atoms with E-state index in [4.69, 9.17) is 4.74 Å². The van der Waals surface area contributed by atoms with Gasteiger partial charge < -0.3 is 25.2 Å². The summed E-state index contributed by atoms with van der Waals surface area (Å²) in [6, 6.07) is 4.44. The first-order valence-corrected chi connectivity index (χ1v) is 6.52. The summed E-state index contributed by atoms with van der Waals surface area (Å²) in [5.41, 5.74) is 0.222. The van der Waals surface area contributed by atoms with Crippen LogP contribution in [0.15, 0.2) is 24.3 Å². The van der Waals surface area contributed by atoms with Crippen molar-refractivity contribution in [1.82, 2.24) is 0 Å². The first kappa shape index (κ1) is 16.2. The molecule has 0 aliphatic rings. The zero-order valence-corrected chi connectivity index (χ0v) is 12.3. The summed E-state index contributed by atoms with van der Waals surface area (Å²) >= 11 is 0. The van der Waals surface area contributed by atoms with Crippen molar-refractivity contribution in [2.45, 2.75) is 13.8 Å². The number of carbonyl (C=O) groups excluding carboxylic acids is 2. The van der Waals surface area contributed by atoms with Crippen LogP contribution in [0, 0.1) is 6.92 Å². The number of hydrogen-bond donors (Lipinski definition) is 4. The minimum atomic E-state index is -0.946. The van der Waals surface area contributed by atoms with Crippen LogP contribution in [0.4, 0.5) is 0 Å². The van der Waals surface area contributed by atoms with Crippen LogP contribution in [0.3, 0.4) is 0 Å². The summed E-state index contributed by atoms with van der Waals surface area (Å²) in [6.07, 6.45) is 0. The van der Waals surface area contributed by atoms with Crippen molar-refractivity contribution in [1.29, 1.82) is 0 Å². The summed E-state index contributed by atoms with van der Waals surface area (Å²) in [4.78, 5) is 23.4. The highest BCUT2D eigenvalue weighted by Crippen LogP contribution is 2.37. The average molecular weight is 318 g/mol. The normalized spacial score (nSPS) is 10.3. The van der Waals surface area contributed by atoms with Crippen molar-refractivity contribution in [3.63, 3.8) is 0 Å². The Morgan fingerprint density at radius 1 is 0.870 bits per heavy atom. The first-order chi connectivity index (χ1) is 10.7. The van der Waals surface area contributed by atoms with E-state index in [0.717, 1.165) is 18.2 Å². The molecule has 120 valence electrons. The number of esters is 1. The maximum atomic E-state index is 12.1. The van der Waals surface area contributed by atoms with Crippen LogP contribution in [0.5, 0.6) is 28.7 Å². The molecule has 0 radical (unpaired) electrons. The lowest BCUT2D eigenvalue weighted by Crippen LogP contribution is -2.09. The molecule has 0 unspecified atom stereocenters. The standard InChI is InChI=1S/C16H14O7/c1-7-3-10(5-11(18)14(7)20)16(22)23-13-6-9(8(2)17)4-12(19)15(13)21/h3-6,18-21H,1-2H3. The van der Waals surface area contributed by atoms with Gasteiger partial charge in [0, 0.05) is 5.56 Å². The molecule has 0 saturated carbocycles. The largest absolute Gasteiger partial charge is 0.504 e. The Kier molecular flexibility index (Phi) is 4.13. The van der Waals surface area contributed by atoms with E-state index in [1.54, 1.807) is 0 Å². The van der Waals surface area contributed by atoms with Crippen molar-refractivity contribution >= 4 is 11.8 Å². The second-order valence-corrected chi connectivity index (χ2v) is 4.95. The van der Waals surface area contributed by atoms with Crippen molar-refractivity contribution in [2.24, 2.45) is 0 Å². The molecule has 0 aliphatic carbocycles. The highest BCUT2D eigenvalue weighted by molar-refractivity contribution is 5.96. The van der Waals surface area contributed by atoms with Crippen LogP contribution < -0.4 is 4.74 Å². The molecule has 0 amide bonds. The third-order valence-corrected chi connectivity index (χ3v) is 3.18. The Bertz CT molecular complexity index is 785. The Morgan fingerprint density at radius 2 is 1.43 bits per heavy atom. The lowest BCUT2D eigenvalue weighted by molar-refractivity contribution is 0.0727. The van der Waals surface area contributed by atoms with Gasteiger partial charge in [-0.2, -0.15) is 0 Å². The van der Waals surface area contributed by atoms with Crippen molar-refractivity contribution in [3.8, 4) is 28.7 Å². The number of ether oxygens (including phenoxy) is 1. The molecule has 7 heteroatoms. The Morgan fingerprint density at radius 3 is 2.00 bits per heavy atom. The summed E-state index contributed by atoms with van der Waals surface area (Å²) in [5, 5.41) is 38.3. The van der Waals surface area contributed by atoms with Gasteiger partial charge in [0.25, 0.3) is 0 Å². The minimum absolute atomic E-state index is 0.0489. The summed E-state index contributed by atoms with van der Waals surface area (Å²) < 4.78 is 4.96. The molecule has 0 fully saturated rings. The molecule has 2 rings (SSSR count). The molecule has 0 heterocycles. The molecule has 0 bridgehead atoms. The number of aromatic hydroxyl groups is 4. The van der Waals surface area contributed by atoms with Gasteiger partial charge in [-0.05, 0) is 43.7 Å². The van der Waals surface area contributed by atoms with Crippen molar-refractivity contribution < 1.29 is 34.8 Å². The zero-order valence-electron chi connectivity index (χ0n) is 12.3. The van der Waals surface area contributed by atoms with E-state index in [2.05, 4.69) is 0 Å². The van der Waals surface area contributed by atoms with E-state index in [-0.39, 0.29) is 22.4 Å². The molecule has 2 aromatic carbocycles. The molecule has 0 saturated heterocycles. The number of ketones is 1. The van der Waals surface area contributed by atoms with Crippen LogP contribution >= 0.6 is 0 Å². The molecule has 0 spiro atoms. The monoisotopic (exact) mass is 318 g/mol. The molecule has 0 aromatic heterocycles. The molecule has 0 atom stereocenters. The van der Waals surface area contributed by atoms with E-state index < -0.39 is 34.8 Å². The number of rotatable bonds is 3. The smallest absolute Gasteiger partial charge is 0.343 e. The van der Waals surface area contributed by atoms with E-state index in [1.807, 2.05) is 0 Å². The van der Waals surface area contributed by atoms with Crippen LogP contribution in [-0.4, -0.2) is 32.2 Å². The number of benzene rings is 2. The third kappa shape index (κ3) is 3.18. The Labute approximate surface area is 131 Å². The fourth-order valence-corrected chi connectivity index (χ4v) is 1.91. The molecule has 4 N–H and O–H groups in total. The summed E-state index contributed by atoms with van der Waals surface area (Å²) in [7, 11) is 0. The van der Waals surface area contributed by atoms with E-state index >= 15 is 0 Å². The maximum Gasteiger partial charge on any atom is 0.343 e. The fourth-order valence-electron chi connectivity index (χ4n) is 1.91. The number of Topliss-reactive ketones (excluding diaryl/α,β-unsaturated/α-hetero) is 1. The maximum absolute atomic E-state index is 12.1. The minimum Gasteiger partial charge on any atom is -0.504 e. The third-order valence-electron chi connectivity index (χ3n) is 3.18. The van der Waals surface area contributed by atoms with Gasteiger partial charge in [0.1, 0.15) is 0 Å². The molecule has 0 aliphatic heterocycles. The highest BCUT2D eigenvalue weighted by Gasteiger charge is 2.18. The zero-order chi connectivity index (χ0) is 17.3. The van der Waals surface area contributed by atoms with Crippen LogP contribution in [-0.2, 0) is 0 Å². The van der Waals surface area contributed by atoms with Gasteiger partial charge in [-0.15, -0.1) is 0 Å². The van der Waals surface area contributed by atoms with Gasteiger partial charge in [0.2, 0.25) is 5.75 Å². The van der Waals surface area contributed by atoms with Gasteiger partial charge in [0.15, 0.2) is 28.8 Å². The molecule has 2 aromatic rings. The van der Waals surface area contributed by atoms with Crippen molar-refractivity contribution in [2.75, 3.05) is 0 Å². The number of phenols is 4. The quantitative estimate of drug-likeness (QED) is 0.296. The number of carbonyl (C=O) groups is 2. The second-order valence-electron chi connectivity index (χ2n) is 4.95. The Balaban J connectivity index is 2.39. The molecular weight excluding hydrogens is 304 g/mol. The second kappa shape index (κ2) is 5.88. The predicted molar refractivity (Wildman–Crippen MR) is 79.2 cm³/mol. The van der Waals surface area contributed by atoms with E-state index in [0.29, 0.717) is 0 Å². The van der Waals surface area contributed by atoms with Gasteiger partial charge in [-0.25, -0.2) is 4.79 Å². The van der Waals surface area contributed by atoms with Gasteiger partial charge in [0.05, 0.1) is 5.56 Å². The molecule has 23 heavy (non-hydrogen) atoms. The van der Waals surface area contributed by atoms with Crippen LogP contribution in [0.2, 0.25) is 0 Å². The van der Waals surface area contributed by atoms with Gasteiger partial charge in [-0.1, -0.05) is 0 Å². The van der Waals surface area contributed by atoms with Gasteiger partial charge >= 0.3 is 5.97 Å². The lowest BCUT2D eigenvalue weighted by Gasteiger charge is -2.10. The fraction of sp³-hybridized carbons (Fsp3) is 0.125. The first-order valence-electron chi connectivity index (χ1n) is 6.52.